The Bertz CT molecular complexity index is 1240. The van der Waals surface area contributed by atoms with Gasteiger partial charge < -0.3 is 20.1 Å². The van der Waals surface area contributed by atoms with Gasteiger partial charge in [-0.2, -0.15) is 18.3 Å². The highest BCUT2D eigenvalue weighted by Crippen LogP contribution is 2.41. The Morgan fingerprint density at radius 3 is 2.80 bits per heavy atom. The van der Waals surface area contributed by atoms with E-state index in [2.05, 4.69) is 15.4 Å². The molecule has 2 atom stereocenters. The average molecular weight is 489 g/mol. The first-order chi connectivity index (χ1) is 16.7. The van der Waals surface area contributed by atoms with Crippen molar-refractivity contribution in [3.63, 3.8) is 0 Å². The number of hydrogen-bond donors (Lipinski definition) is 2. The number of amides is 1. The van der Waals surface area contributed by atoms with Crippen molar-refractivity contribution < 1.29 is 27.8 Å². The van der Waals surface area contributed by atoms with Crippen molar-refractivity contribution in [2.75, 3.05) is 29.9 Å². The van der Waals surface area contributed by atoms with E-state index in [4.69, 9.17) is 4.74 Å². The van der Waals surface area contributed by atoms with Gasteiger partial charge in [0.25, 0.3) is 5.91 Å². The van der Waals surface area contributed by atoms with Crippen molar-refractivity contribution in [3.05, 3.63) is 47.9 Å². The minimum absolute atomic E-state index is 0.164. The predicted molar refractivity (Wildman–Crippen MR) is 123 cm³/mol. The summed E-state index contributed by atoms with van der Waals surface area (Å²) < 4.78 is 46.9. The number of rotatable bonds is 4. The molecule has 3 aromatic rings. The Labute approximate surface area is 199 Å². The number of anilines is 2. The third kappa shape index (κ3) is 4.64. The van der Waals surface area contributed by atoms with Gasteiger partial charge in [0.15, 0.2) is 5.65 Å². The quantitative estimate of drug-likeness (QED) is 0.581. The van der Waals surface area contributed by atoms with Gasteiger partial charge in [0.2, 0.25) is 0 Å². The Morgan fingerprint density at radius 1 is 1.29 bits per heavy atom. The summed E-state index contributed by atoms with van der Waals surface area (Å²) in [6, 6.07) is 5.28. The van der Waals surface area contributed by atoms with Gasteiger partial charge in [-0.15, -0.1) is 0 Å². The number of ether oxygens (including phenoxy) is 1. The first-order valence-corrected chi connectivity index (χ1v) is 11.6. The van der Waals surface area contributed by atoms with Crippen molar-refractivity contribution >= 4 is 22.9 Å². The molecule has 2 aliphatic heterocycles. The Morgan fingerprint density at radius 2 is 2.06 bits per heavy atom. The second-order valence-electron chi connectivity index (χ2n) is 9.20. The van der Waals surface area contributed by atoms with Gasteiger partial charge in [-0.3, -0.25) is 4.79 Å². The van der Waals surface area contributed by atoms with Crippen LogP contribution in [0.5, 0.6) is 5.75 Å². The van der Waals surface area contributed by atoms with E-state index in [0.717, 1.165) is 5.56 Å². The van der Waals surface area contributed by atoms with Gasteiger partial charge in [0.1, 0.15) is 17.9 Å². The number of piperidine rings is 1. The molecule has 0 saturated carbocycles. The summed E-state index contributed by atoms with van der Waals surface area (Å²) in [6.45, 7) is 2.26. The van der Waals surface area contributed by atoms with E-state index in [1.54, 1.807) is 30.6 Å². The zero-order chi connectivity index (χ0) is 24.7. The van der Waals surface area contributed by atoms with Gasteiger partial charge in [-0.25, -0.2) is 9.50 Å². The molecule has 186 valence electrons. The number of aliphatic hydroxyl groups is 1. The highest BCUT2D eigenvalue weighted by atomic mass is 19.4. The van der Waals surface area contributed by atoms with Crippen LogP contribution in [0.25, 0.3) is 5.65 Å². The first kappa shape index (κ1) is 23.4. The van der Waals surface area contributed by atoms with E-state index >= 15 is 0 Å². The molecule has 0 bridgehead atoms. The number of carbonyl (C=O) groups excluding carboxylic acids is 1. The topological polar surface area (TPSA) is 92.0 Å². The van der Waals surface area contributed by atoms with Gasteiger partial charge in [0.05, 0.1) is 29.6 Å². The zero-order valence-corrected chi connectivity index (χ0v) is 19.1. The van der Waals surface area contributed by atoms with Crippen LogP contribution in [0.2, 0.25) is 0 Å². The molecule has 8 nitrogen and oxygen atoms in total. The molecule has 1 fully saturated rings. The molecule has 1 aromatic carbocycles. The summed E-state index contributed by atoms with van der Waals surface area (Å²) in [6.07, 6.45) is 0.992. The standard InChI is InChI=1S/C24H26F3N5O3/c1-14(24(25,26)27)15-3-7-31(8-4-15)20-11-21-16(9-17(33)13-35-21)10-19(20)30-23(34)18-12-29-32-6-2-5-28-22(18)32/h2,5-6,10-12,14-15,17,33H,3-4,7-9,13H2,1H3,(H,30,34). The maximum absolute atomic E-state index is 13.2. The Balaban J connectivity index is 1.43. The van der Waals surface area contributed by atoms with Crippen molar-refractivity contribution in [2.45, 2.75) is 38.5 Å². The molecule has 2 unspecified atom stereocenters. The molecule has 35 heavy (non-hydrogen) atoms. The molecule has 0 spiro atoms. The van der Waals surface area contributed by atoms with Crippen molar-refractivity contribution in [1.82, 2.24) is 14.6 Å². The van der Waals surface area contributed by atoms with Crippen molar-refractivity contribution in [2.24, 2.45) is 11.8 Å². The van der Waals surface area contributed by atoms with Crippen LogP contribution in [0.15, 0.2) is 36.8 Å². The van der Waals surface area contributed by atoms with E-state index in [9.17, 15) is 23.1 Å². The van der Waals surface area contributed by atoms with Crippen LogP contribution in [0.1, 0.15) is 35.7 Å². The number of alkyl halides is 3. The lowest BCUT2D eigenvalue weighted by Gasteiger charge is -2.38. The number of carbonyl (C=O) groups is 1. The molecule has 0 aliphatic carbocycles. The van der Waals surface area contributed by atoms with Crippen LogP contribution in [0.4, 0.5) is 24.5 Å². The number of nitrogens with one attached hydrogen (secondary N) is 1. The van der Waals surface area contributed by atoms with Crippen LogP contribution in [0, 0.1) is 11.8 Å². The number of nitrogens with zero attached hydrogens (tertiary/aromatic N) is 4. The summed E-state index contributed by atoms with van der Waals surface area (Å²) in [5.74, 6) is -1.61. The zero-order valence-electron chi connectivity index (χ0n) is 19.1. The second kappa shape index (κ2) is 9.03. The minimum atomic E-state index is -4.21. The molecule has 11 heteroatoms. The lowest BCUT2D eigenvalue weighted by Crippen LogP contribution is -2.39. The summed E-state index contributed by atoms with van der Waals surface area (Å²) in [4.78, 5) is 19.4. The number of fused-ring (bicyclic) bond motifs is 2. The maximum atomic E-state index is 13.2. The lowest BCUT2D eigenvalue weighted by atomic mass is 9.85. The first-order valence-electron chi connectivity index (χ1n) is 11.6. The van der Waals surface area contributed by atoms with E-state index in [0.29, 0.717) is 60.7 Å². The third-order valence-corrected chi connectivity index (χ3v) is 6.94. The molecule has 1 amide bonds. The highest BCUT2D eigenvalue weighted by Gasteiger charge is 2.42. The largest absolute Gasteiger partial charge is 0.491 e. The van der Waals surface area contributed by atoms with Crippen LogP contribution in [-0.2, 0) is 6.42 Å². The van der Waals surface area contributed by atoms with Gasteiger partial charge in [-0.1, -0.05) is 6.92 Å². The molecule has 2 aromatic heterocycles. The van der Waals surface area contributed by atoms with E-state index in [1.807, 2.05) is 4.90 Å². The number of hydrogen-bond acceptors (Lipinski definition) is 6. The molecule has 2 aliphatic rings. The van der Waals surface area contributed by atoms with Crippen molar-refractivity contribution in [3.8, 4) is 5.75 Å². The van der Waals surface area contributed by atoms with Crippen LogP contribution >= 0.6 is 0 Å². The van der Waals surface area contributed by atoms with Crippen LogP contribution in [0.3, 0.4) is 0 Å². The Hall–Kier alpha value is -3.34. The third-order valence-electron chi connectivity index (χ3n) is 6.94. The van der Waals surface area contributed by atoms with Crippen molar-refractivity contribution in [1.29, 1.82) is 0 Å². The lowest BCUT2D eigenvalue weighted by molar-refractivity contribution is -0.185. The average Bonchev–Trinajstić information content (AvgIpc) is 3.27. The number of benzene rings is 1. The molecular formula is C24H26F3N5O3. The maximum Gasteiger partial charge on any atom is 0.391 e. The van der Waals surface area contributed by atoms with Gasteiger partial charge in [-0.05, 0) is 36.5 Å². The predicted octanol–water partition coefficient (Wildman–Crippen LogP) is 3.69. The smallest absolute Gasteiger partial charge is 0.391 e. The number of aliphatic hydroxyl groups excluding tert-OH is 1. The highest BCUT2D eigenvalue weighted by molar-refractivity contribution is 6.09. The molecule has 5 rings (SSSR count). The number of aromatic nitrogens is 3. The summed E-state index contributed by atoms with van der Waals surface area (Å²) >= 11 is 0. The van der Waals surface area contributed by atoms with Crippen LogP contribution < -0.4 is 15.0 Å². The molecule has 4 heterocycles. The molecule has 1 saturated heterocycles. The summed E-state index contributed by atoms with van der Waals surface area (Å²) in [5.41, 5.74) is 2.63. The molecular weight excluding hydrogens is 463 g/mol. The Kier molecular flexibility index (Phi) is 6.04. The van der Waals surface area contributed by atoms with E-state index < -0.39 is 30.0 Å². The normalized spacial score (nSPS) is 19.8. The minimum Gasteiger partial charge on any atom is -0.491 e. The SMILES string of the molecule is CC(C1CCN(c2cc3c(cc2NC(=O)c2cnn4cccnc24)CC(O)CO3)CC1)C(F)(F)F. The fraction of sp³-hybridized carbons (Fsp3) is 0.458. The number of halogens is 3. The van der Waals surface area contributed by atoms with Crippen LogP contribution in [-0.4, -0.2) is 57.6 Å². The summed E-state index contributed by atoms with van der Waals surface area (Å²) in [5, 5.41) is 17.1. The molecule has 0 radical (unpaired) electrons. The molecule has 2 N–H and O–H groups in total. The fourth-order valence-electron chi connectivity index (χ4n) is 4.85. The van der Waals surface area contributed by atoms with E-state index in [-0.39, 0.29) is 6.61 Å². The monoisotopic (exact) mass is 489 g/mol. The summed E-state index contributed by atoms with van der Waals surface area (Å²) in [7, 11) is 0. The van der Waals surface area contributed by atoms with Gasteiger partial charge >= 0.3 is 6.18 Å². The second-order valence-corrected chi connectivity index (χ2v) is 9.20. The van der Waals surface area contributed by atoms with Gasteiger partial charge in [0, 0.05) is 38.0 Å². The van der Waals surface area contributed by atoms with E-state index in [1.165, 1.54) is 17.6 Å². The fourth-order valence-corrected chi connectivity index (χ4v) is 4.85.